The van der Waals surface area contributed by atoms with Crippen LogP contribution in [0.5, 0.6) is 5.75 Å². The summed E-state index contributed by atoms with van der Waals surface area (Å²) in [5, 5.41) is 7.00. The van der Waals surface area contributed by atoms with Crippen LogP contribution in [0, 0.1) is 12.3 Å². The van der Waals surface area contributed by atoms with Gasteiger partial charge in [-0.25, -0.2) is 0 Å². The Morgan fingerprint density at radius 3 is 2.85 bits per heavy atom. The molecule has 0 spiro atoms. The number of aryl methyl sites for hydroxylation is 1. The second-order valence-electron chi connectivity index (χ2n) is 2.72. The van der Waals surface area contributed by atoms with Crippen LogP contribution in [0.3, 0.4) is 0 Å². The third kappa shape index (κ3) is 3.06. The predicted molar refractivity (Wildman–Crippen MR) is 56.3 cm³/mol. The summed E-state index contributed by atoms with van der Waals surface area (Å²) in [7, 11) is 0. The molecule has 1 rings (SSSR count). The fourth-order valence-corrected chi connectivity index (χ4v) is 1.41. The molecule has 3 nitrogen and oxygen atoms in total. The Morgan fingerprint density at radius 2 is 2.31 bits per heavy atom. The first-order valence-corrected chi connectivity index (χ1v) is 4.61. The van der Waals surface area contributed by atoms with Crippen molar-refractivity contribution in [3.05, 3.63) is 28.2 Å². The Bertz CT molecular complexity index is 325. The van der Waals surface area contributed by atoms with Crippen molar-refractivity contribution in [1.29, 1.82) is 5.41 Å². The first kappa shape index (κ1) is 10.1. The van der Waals surface area contributed by atoms with Crippen LogP contribution in [0.1, 0.15) is 5.56 Å². The smallest absolute Gasteiger partial charge is 0.145 e. The van der Waals surface area contributed by atoms with E-state index in [9.17, 15) is 0 Å². The summed E-state index contributed by atoms with van der Waals surface area (Å²) in [6.45, 7) is 2.09. The molecule has 0 aliphatic rings. The average Bonchev–Trinajstić information content (AvgIpc) is 2.02. The van der Waals surface area contributed by atoms with E-state index >= 15 is 0 Å². The summed E-state index contributed by atoms with van der Waals surface area (Å²) in [6, 6.07) is 5.69. The Kier molecular flexibility index (Phi) is 3.31. The molecular weight excluding hydrogens is 232 g/mol. The summed E-state index contributed by atoms with van der Waals surface area (Å²) in [6.07, 6.45) is 0. The lowest BCUT2D eigenvalue weighted by Crippen LogP contribution is -2.19. The van der Waals surface area contributed by atoms with Gasteiger partial charge in [0.2, 0.25) is 0 Å². The normalized spacial score (nSPS) is 9.69. The Balaban J connectivity index is 2.72. The lowest BCUT2D eigenvalue weighted by Gasteiger charge is -2.07. The Morgan fingerprint density at radius 1 is 1.62 bits per heavy atom. The van der Waals surface area contributed by atoms with E-state index in [1.165, 1.54) is 0 Å². The molecule has 1 aromatic carbocycles. The molecule has 0 saturated heterocycles. The van der Waals surface area contributed by atoms with Crippen molar-refractivity contribution in [3.63, 3.8) is 0 Å². The zero-order chi connectivity index (χ0) is 9.84. The molecular formula is C9H11BrN2O. The molecule has 0 saturated carbocycles. The van der Waals surface area contributed by atoms with Crippen LogP contribution in [0.4, 0.5) is 0 Å². The van der Waals surface area contributed by atoms with E-state index in [0.29, 0.717) is 0 Å². The maximum Gasteiger partial charge on any atom is 0.145 e. The molecule has 70 valence electrons. The van der Waals surface area contributed by atoms with Gasteiger partial charge in [-0.2, -0.15) is 0 Å². The van der Waals surface area contributed by atoms with Crippen molar-refractivity contribution in [1.82, 2.24) is 0 Å². The third-order valence-corrected chi connectivity index (χ3v) is 2.01. The van der Waals surface area contributed by atoms with E-state index in [1.807, 2.05) is 25.1 Å². The zero-order valence-corrected chi connectivity index (χ0v) is 8.89. The molecule has 0 fully saturated rings. The van der Waals surface area contributed by atoms with Crippen LogP contribution in [-0.4, -0.2) is 12.4 Å². The van der Waals surface area contributed by atoms with E-state index in [2.05, 4.69) is 15.9 Å². The van der Waals surface area contributed by atoms with Gasteiger partial charge in [-0.1, -0.05) is 15.9 Å². The summed E-state index contributed by atoms with van der Waals surface area (Å²) in [5.74, 6) is 0.792. The standard InChI is InChI=1S/C9H11BrN2O/c1-6-4-7(10)2-3-8(6)13-5-9(11)12/h2-4H,5H2,1H3,(H3,11,12). The minimum absolute atomic E-state index is 0.0299. The highest BCUT2D eigenvalue weighted by molar-refractivity contribution is 9.10. The Hall–Kier alpha value is -1.03. The number of nitrogens with one attached hydrogen (secondary N) is 1. The van der Waals surface area contributed by atoms with Gasteiger partial charge in [-0.3, -0.25) is 5.41 Å². The highest BCUT2D eigenvalue weighted by Crippen LogP contribution is 2.21. The first-order chi connectivity index (χ1) is 6.09. The van der Waals surface area contributed by atoms with Gasteiger partial charge in [0.05, 0.1) is 0 Å². The number of halogens is 1. The van der Waals surface area contributed by atoms with Crippen molar-refractivity contribution in [3.8, 4) is 5.75 Å². The van der Waals surface area contributed by atoms with Crippen LogP contribution in [0.2, 0.25) is 0 Å². The average molecular weight is 243 g/mol. The van der Waals surface area contributed by atoms with Crippen LogP contribution >= 0.6 is 15.9 Å². The van der Waals surface area contributed by atoms with Crippen molar-refractivity contribution < 1.29 is 4.74 Å². The quantitative estimate of drug-likeness (QED) is 0.630. The largest absolute Gasteiger partial charge is 0.485 e. The summed E-state index contributed by atoms with van der Waals surface area (Å²) in [4.78, 5) is 0. The molecule has 4 heteroatoms. The molecule has 0 amide bonds. The minimum atomic E-state index is 0.0299. The van der Waals surface area contributed by atoms with E-state index in [1.54, 1.807) is 0 Å². The van der Waals surface area contributed by atoms with Crippen LogP contribution in [-0.2, 0) is 0 Å². The molecule has 3 N–H and O–H groups in total. The number of rotatable bonds is 3. The molecule has 0 aliphatic carbocycles. The van der Waals surface area contributed by atoms with Crippen LogP contribution < -0.4 is 10.5 Å². The number of amidine groups is 1. The molecule has 0 atom stereocenters. The van der Waals surface area contributed by atoms with Crippen molar-refractivity contribution in [2.45, 2.75) is 6.92 Å². The van der Waals surface area contributed by atoms with E-state index in [-0.39, 0.29) is 12.4 Å². The van der Waals surface area contributed by atoms with Gasteiger partial charge in [0.1, 0.15) is 18.2 Å². The second-order valence-corrected chi connectivity index (χ2v) is 3.64. The van der Waals surface area contributed by atoms with Crippen molar-refractivity contribution >= 4 is 21.8 Å². The third-order valence-electron chi connectivity index (χ3n) is 1.52. The first-order valence-electron chi connectivity index (χ1n) is 3.81. The molecule has 0 aliphatic heterocycles. The van der Waals surface area contributed by atoms with E-state index in [0.717, 1.165) is 15.8 Å². The Labute approximate surface area is 85.5 Å². The van der Waals surface area contributed by atoms with Gasteiger partial charge < -0.3 is 10.5 Å². The topological polar surface area (TPSA) is 59.1 Å². The summed E-state index contributed by atoms with van der Waals surface area (Å²) >= 11 is 3.35. The number of ether oxygens (including phenoxy) is 1. The van der Waals surface area contributed by atoms with E-state index in [4.69, 9.17) is 15.9 Å². The van der Waals surface area contributed by atoms with Crippen molar-refractivity contribution in [2.75, 3.05) is 6.61 Å². The van der Waals surface area contributed by atoms with Gasteiger partial charge >= 0.3 is 0 Å². The fourth-order valence-electron chi connectivity index (χ4n) is 0.930. The number of nitrogens with two attached hydrogens (primary N) is 1. The number of benzene rings is 1. The maximum atomic E-state index is 7.00. The van der Waals surface area contributed by atoms with Crippen LogP contribution in [0.25, 0.3) is 0 Å². The number of hydrogen-bond donors (Lipinski definition) is 2. The maximum absolute atomic E-state index is 7.00. The molecule has 0 aromatic heterocycles. The van der Waals surface area contributed by atoms with Crippen molar-refractivity contribution in [2.24, 2.45) is 5.73 Å². The molecule has 1 aromatic rings. The lowest BCUT2D eigenvalue weighted by molar-refractivity contribution is 0.372. The van der Waals surface area contributed by atoms with Gasteiger partial charge in [-0.15, -0.1) is 0 Å². The number of hydrogen-bond acceptors (Lipinski definition) is 2. The zero-order valence-electron chi connectivity index (χ0n) is 7.30. The monoisotopic (exact) mass is 242 g/mol. The summed E-state index contributed by atoms with van der Waals surface area (Å²) in [5.41, 5.74) is 6.19. The molecule has 13 heavy (non-hydrogen) atoms. The SMILES string of the molecule is Cc1cc(Br)ccc1OCC(=N)N. The highest BCUT2D eigenvalue weighted by Gasteiger charge is 1.99. The van der Waals surface area contributed by atoms with Gasteiger partial charge in [-0.05, 0) is 30.7 Å². The van der Waals surface area contributed by atoms with Gasteiger partial charge in [0.25, 0.3) is 0 Å². The molecule has 0 unspecified atom stereocenters. The van der Waals surface area contributed by atoms with Gasteiger partial charge in [0.15, 0.2) is 0 Å². The predicted octanol–water partition coefficient (Wildman–Crippen LogP) is 2.07. The van der Waals surface area contributed by atoms with Gasteiger partial charge in [0, 0.05) is 4.47 Å². The van der Waals surface area contributed by atoms with Crippen LogP contribution in [0.15, 0.2) is 22.7 Å². The minimum Gasteiger partial charge on any atom is -0.485 e. The second kappa shape index (κ2) is 4.28. The summed E-state index contributed by atoms with van der Waals surface area (Å²) < 4.78 is 6.30. The molecule has 0 bridgehead atoms. The lowest BCUT2D eigenvalue weighted by atomic mass is 10.2. The molecule has 0 heterocycles. The van der Waals surface area contributed by atoms with E-state index < -0.39 is 0 Å². The fraction of sp³-hybridized carbons (Fsp3) is 0.222. The molecule has 0 radical (unpaired) electrons. The highest BCUT2D eigenvalue weighted by atomic mass is 79.9.